The van der Waals surface area contributed by atoms with Gasteiger partial charge in [-0.3, -0.25) is 4.79 Å². The second kappa shape index (κ2) is 4.04. The molecule has 0 saturated carbocycles. The predicted molar refractivity (Wildman–Crippen MR) is 68.8 cm³/mol. The van der Waals surface area contributed by atoms with Crippen molar-refractivity contribution in [2.45, 2.75) is 11.8 Å². The Morgan fingerprint density at radius 3 is 2.41 bits per heavy atom. The summed E-state index contributed by atoms with van der Waals surface area (Å²) in [6.07, 6.45) is 0. The number of allylic oxidation sites excluding steroid dienone is 2. The van der Waals surface area contributed by atoms with E-state index >= 15 is 0 Å². The summed E-state index contributed by atoms with van der Waals surface area (Å²) in [6.45, 7) is 5.49. The van der Waals surface area contributed by atoms with Crippen molar-refractivity contribution >= 4 is 23.0 Å². The van der Waals surface area contributed by atoms with Gasteiger partial charge in [-0.15, -0.1) is 0 Å². The van der Waals surface area contributed by atoms with Gasteiger partial charge in [-0.1, -0.05) is 48.5 Å². The zero-order valence-electron chi connectivity index (χ0n) is 9.79. The molecule has 17 heavy (non-hydrogen) atoms. The van der Waals surface area contributed by atoms with E-state index in [2.05, 4.69) is 6.58 Å². The van der Waals surface area contributed by atoms with Gasteiger partial charge in [0, 0.05) is 0 Å². The Morgan fingerprint density at radius 2 is 1.94 bits per heavy atom. The van der Waals surface area contributed by atoms with Crippen molar-refractivity contribution < 1.29 is 9.53 Å². The van der Waals surface area contributed by atoms with Crippen molar-refractivity contribution in [3.63, 3.8) is 0 Å². The minimum absolute atomic E-state index is 0.144. The average Bonchev–Trinajstić information content (AvgIpc) is 2.34. The monoisotopic (exact) mass is 248 g/mol. The van der Waals surface area contributed by atoms with Gasteiger partial charge < -0.3 is 4.74 Å². The molecule has 0 bridgehead atoms. The number of halogens is 1. The van der Waals surface area contributed by atoms with E-state index in [0.717, 1.165) is 5.56 Å². The van der Waals surface area contributed by atoms with E-state index < -0.39 is 4.87 Å². The van der Waals surface area contributed by atoms with Crippen molar-refractivity contribution in [1.29, 1.82) is 0 Å². The first-order chi connectivity index (χ1) is 8.03. The number of carbonyl (C=O) groups excluding carboxylic acids is 1. The quantitative estimate of drug-likeness (QED) is 0.607. The van der Waals surface area contributed by atoms with Crippen LogP contribution in [0.1, 0.15) is 12.5 Å². The van der Waals surface area contributed by atoms with Gasteiger partial charge in [-0.2, -0.15) is 0 Å². The summed E-state index contributed by atoms with van der Waals surface area (Å²) in [5, 5.41) is 0. The third-order valence-electron chi connectivity index (χ3n) is 2.93. The largest absolute Gasteiger partial charge is 0.498 e. The molecular weight excluding hydrogens is 236 g/mol. The molecule has 0 heterocycles. The molecule has 0 N–H and O–H groups in total. The molecule has 0 aliphatic heterocycles. The van der Waals surface area contributed by atoms with Crippen LogP contribution in [0.15, 0.2) is 48.2 Å². The molecular formula is C14H13ClO2. The summed E-state index contributed by atoms with van der Waals surface area (Å²) >= 11 is 6.27. The lowest BCUT2D eigenvalue weighted by Crippen LogP contribution is -2.46. The zero-order valence-corrected chi connectivity index (χ0v) is 10.5. The number of ketones is 1. The average molecular weight is 249 g/mol. The molecule has 0 spiro atoms. The van der Waals surface area contributed by atoms with Crippen molar-refractivity contribution in [2.24, 2.45) is 0 Å². The Hall–Kier alpha value is -1.54. The topological polar surface area (TPSA) is 26.3 Å². The van der Waals surface area contributed by atoms with Crippen LogP contribution in [0.3, 0.4) is 0 Å². The molecule has 2 rings (SSSR count). The molecule has 0 saturated heterocycles. The van der Waals surface area contributed by atoms with Gasteiger partial charge in [0.1, 0.15) is 5.76 Å². The Balaban J connectivity index is 2.56. The predicted octanol–water partition coefficient (Wildman–Crippen LogP) is 3.18. The normalized spacial score (nSPS) is 23.4. The third kappa shape index (κ3) is 1.52. The summed E-state index contributed by atoms with van der Waals surface area (Å²) in [5.41, 5.74) is 1.96. The van der Waals surface area contributed by atoms with E-state index in [9.17, 15) is 4.79 Å². The molecule has 88 valence electrons. The molecule has 1 unspecified atom stereocenters. The van der Waals surface area contributed by atoms with Crippen LogP contribution in [0.5, 0.6) is 0 Å². The van der Waals surface area contributed by atoms with Crippen LogP contribution in [-0.2, 0) is 9.53 Å². The second-order valence-electron chi connectivity index (χ2n) is 4.04. The summed E-state index contributed by atoms with van der Waals surface area (Å²) in [4.78, 5) is 11.0. The number of hydrogen-bond acceptors (Lipinski definition) is 2. The van der Waals surface area contributed by atoms with Gasteiger partial charge in [0.25, 0.3) is 0 Å². The molecule has 2 nitrogen and oxygen atoms in total. The molecule has 0 radical (unpaired) electrons. The number of alkyl halides is 1. The van der Waals surface area contributed by atoms with Crippen molar-refractivity contribution in [2.75, 3.05) is 7.11 Å². The van der Waals surface area contributed by atoms with E-state index in [1.165, 1.54) is 7.11 Å². The maximum atomic E-state index is 12.2. The lowest BCUT2D eigenvalue weighted by molar-refractivity contribution is -0.117. The number of Topliss-reactive ketones (excluding diaryl/α,β-unsaturated/α-hetero) is 1. The molecule has 0 amide bonds. The van der Waals surface area contributed by atoms with E-state index in [1.54, 1.807) is 6.92 Å². The third-order valence-corrected chi connectivity index (χ3v) is 3.60. The van der Waals surface area contributed by atoms with Crippen LogP contribution < -0.4 is 0 Å². The van der Waals surface area contributed by atoms with Crippen LogP contribution >= 0.6 is 11.6 Å². The summed E-state index contributed by atoms with van der Waals surface area (Å²) in [5.74, 6) is 0.345. The lowest BCUT2D eigenvalue weighted by atomic mass is 9.74. The fourth-order valence-electron chi connectivity index (χ4n) is 1.99. The first-order valence-corrected chi connectivity index (χ1v) is 5.65. The summed E-state index contributed by atoms with van der Waals surface area (Å²) < 4.78 is 5.27. The summed E-state index contributed by atoms with van der Waals surface area (Å²) in [7, 11) is 1.52. The minimum Gasteiger partial charge on any atom is -0.498 e. The molecule has 1 aliphatic carbocycles. The first kappa shape index (κ1) is 11.9. The van der Waals surface area contributed by atoms with E-state index in [1.807, 2.05) is 30.3 Å². The highest BCUT2D eigenvalue weighted by atomic mass is 35.5. The fourth-order valence-corrected chi connectivity index (χ4v) is 2.25. The second-order valence-corrected chi connectivity index (χ2v) is 4.61. The van der Waals surface area contributed by atoms with Crippen molar-refractivity contribution in [3.8, 4) is 0 Å². The van der Waals surface area contributed by atoms with Gasteiger partial charge in [0.05, 0.1) is 12.7 Å². The Labute approximate surface area is 106 Å². The number of rotatable bonds is 3. The Bertz CT molecular complexity index is 516. The molecule has 0 fully saturated rings. The lowest BCUT2D eigenvalue weighted by Gasteiger charge is -2.38. The highest BCUT2D eigenvalue weighted by molar-refractivity contribution is 6.54. The first-order valence-electron chi connectivity index (χ1n) is 5.27. The van der Waals surface area contributed by atoms with Crippen LogP contribution in [-0.4, -0.2) is 17.8 Å². The van der Waals surface area contributed by atoms with Gasteiger partial charge in [0.15, 0.2) is 10.7 Å². The van der Waals surface area contributed by atoms with Crippen molar-refractivity contribution in [1.82, 2.24) is 0 Å². The van der Waals surface area contributed by atoms with Crippen LogP contribution in [0, 0.1) is 0 Å². The number of hydrogen-bond donors (Lipinski definition) is 0. The zero-order chi connectivity index (χ0) is 12.6. The van der Waals surface area contributed by atoms with Gasteiger partial charge in [-0.05, 0) is 18.1 Å². The van der Waals surface area contributed by atoms with E-state index in [-0.39, 0.29) is 5.78 Å². The molecule has 1 aromatic carbocycles. The van der Waals surface area contributed by atoms with Gasteiger partial charge in [0.2, 0.25) is 0 Å². The fraction of sp³-hybridized carbons (Fsp3) is 0.214. The number of methoxy groups -OCH3 is 1. The maximum Gasteiger partial charge on any atom is 0.199 e. The Morgan fingerprint density at radius 1 is 1.35 bits per heavy atom. The Kier molecular flexibility index (Phi) is 2.84. The molecule has 1 aromatic rings. The van der Waals surface area contributed by atoms with Gasteiger partial charge in [-0.25, -0.2) is 0 Å². The molecule has 1 atom stereocenters. The van der Waals surface area contributed by atoms with E-state index in [0.29, 0.717) is 16.9 Å². The van der Waals surface area contributed by atoms with Gasteiger partial charge >= 0.3 is 0 Å². The minimum atomic E-state index is -1.18. The van der Waals surface area contributed by atoms with Crippen LogP contribution in [0.2, 0.25) is 0 Å². The summed E-state index contributed by atoms with van der Waals surface area (Å²) in [6, 6.07) is 9.37. The molecule has 0 aromatic heterocycles. The van der Waals surface area contributed by atoms with Crippen LogP contribution in [0.4, 0.5) is 0 Å². The standard InChI is InChI=1S/C14H13ClO2/c1-9(2)14(15)12(16)11(13(14)17-3)10-7-5-4-6-8-10/h4-8H,1H2,2-3H3. The van der Waals surface area contributed by atoms with Crippen LogP contribution in [0.25, 0.3) is 5.57 Å². The highest BCUT2D eigenvalue weighted by Crippen LogP contribution is 2.49. The smallest absolute Gasteiger partial charge is 0.199 e. The SMILES string of the molecule is C=C(C)C1(Cl)C(=O)C(c2ccccc2)=C1OC. The molecule has 3 heteroatoms. The van der Waals surface area contributed by atoms with E-state index in [4.69, 9.17) is 16.3 Å². The number of benzene rings is 1. The number of carbonyl (C=O) groups is 1. The van der Waals surface area contributed by atoms with Crippen molar-refractivity contribution in [3.05, 3.63) is 53.8 Å². The molecule has 1 aliphatic rings. The highest BCUT2D eigenvalue weighted by Gasteiger charge is 2.55. The number of ether oxygens (including phenoxy) is 1. The maximum absolute atomic E-state index is 12.2.